The highest BCUT2D eigenvalue weighted by atomic mass is 16.3. The monoisotopic (exact) mass is 282 g/mol. The minimum Gasteiger partial charge on any atom is -0.508 e. The van der Waals surface area contributed by atoms with Crippen LogP contribution in [0.15, 0.2) is 42.5 Å². The third kappa shape index (κ3) is 2.57. The molecule has 1 aliphatic carbocycles. The van der Waals surface area contributed by atoms with Crippen molar-refractivity contribution in [2.24, 2.45) is 0 Å². The number of benzene rings is 2. The molecule has 4 heteroatoms. The first-order valence-electron chi connectivity index (χ1n) is 7.08. The number of carbonyl (C=O) groups is 1. The zero-order chi connectivity index (χ0) is 14.8. The van der Waals surface area contributed by atoms with Gasteiger partial charge >= 0.3 is 0 Å². The molecule has 0 radical (unpaired) electrons. The molecule has 0 heterocycles. The van der Waals surface area contributed by atoms with Crippen molar-refractivity contribution in [3.63, 3.8) is 0 Å². The van der Waals surface area contributed by atoms with Crippen molar-refractivity contribution in [3.05, 3.63) is 59.2 Å². The van der Waals surface area contributed by atoms with Crippen molar-refractivity contribution in [1.82, 2.24) is 5.32 Å². The summed E-state index contributed by atoms with van der Waals surface area (Å²) in [7, 11) is 1.62. The summed E-state index contributed by atoms with van der Waals surface area (Å²) >= 11 is 0. The first-order chi connectivity index (χ1) is 10.2. The molecule has 108 valence electrons. The van der Waals surface area contributed by atoms with E-state index in [0.29, 0.717) is 11.3 Å². The Kier molecular flexibility index (Phi) is 3.52. The lowest BCUT2D eigenvalue weighted by Gasteiger charge is -2.16. The number of aromatic hydroxyl groups is 1. The van der Waals surface area contributed by atoms with Gasteiger partial charge in [0.2, 0.25) is 0 Å². The summed E-state index contributed by atoms with van der Waals surface area (Å²) in [5.74, 6) is 0.277. The minimum absolute atomic E-state index is 0.0943. The Morgan fingerprint density at radius 1 is 1.24 bits per heavy atom. The van der Waals surface area contributed by atoms with Crippen LogP contribution in [0.4, 0.5) is 5.69 Å². The molecule has 0 saturated carbocycles. The third-order valence-corrected chi connectivity index (χ3v) is 3.94. The lowest BCUT2D eigenvalue weighted by molar-refractivity contribution is 0.0963. The van der Waals surface area contributed by atoms with Crippen LogP contribution in [0.3, 0.4) is 0 Å². The molecule has 0 bridgehead atoms. The molecule has 1 unspecified atom stereocenters. The van der Waals surface area contributed by atoms with Gasteiger partial charge in [-0.25, -0.2) is 0 Å². The van der Waals surface area contributed by atoms with Gasteiger partial charge in [-0.15, -0.1) is 0 Å². The first-order valence-corrected chi connectivity index (χ1v) is 7.08. The standard InChI is InChI=1S/C17H18N2O2/c1-18-17(21)11-4-2-5-12(10-11)19-15-9-8-14-13(15)6-3-7-16(14)20/h2-7,10,15,19-20H,8-9H2,1H3,(H,18,21). The van der Waals surface area contributed by atoms with Crippen molar-refractivity contribution in [3.8, 4) is 5.75 Å². The number of phenols is 1. The molecule has 0 fully saturated rings. The maximum Gasteiger partial charge on any atom is 0.251 e. The molecule has 21 heavy (non-hydrogen) atoms. The van der Waals surface area contributed by atoms with Crippen molar-refractivity contribution < 1.29 is 9.90 Å². The number of rotatable bonds is 3. The Morgan fingerprint density at radius 2 is 2.05 bits per heavy atom. The van der Waals surface area contributed by atoms with Gasteiger partial charge in [-0.05, 0) is 48.2 Å². The van der Waals surface area contributed by atoms with Crippen LogP contribution in [0.2, 0.25) is 0 Å². The molecule has 4 nitrogen and oxygen atoms in total. The topological polar surface area (TPSA) is 61.4 Å². The Morgan fingerprint density at radius 3 is 2.86 bits per heavy atom. The van der Waals surface area contributed by atoms with E-state index in [9.17, 15) is 9.90 Å². The van der Waals surface area contributed by atoms with Crippen LogP contribution in [0.1, 0.15) is 33.9 Å². The molecule has 1 atom stereocenters. The minimum atomic E-state index is -0.0943. The Balaban J connectivity index is 1.83. The smallest absolute Gasteiger partial charge is 0.251 e. The van der Waals surface area contributed by atoms with Gasteiger partial charge in [0.1, 0.15) is 5.75 Å². The Labute approximate surface area is 123 Å². The summed E-state index contributed by atoms with van der Waals surface area (Å²) in [6.07, 6.45) is 1.81. The quantitative estimate of drug-likeness (QED) is 0.811. The van der Waals surface area contributed by atoms with Crippen LogP contribution < -0.4 is 10.6 Å². The van der Waals surface area contributed by atoms with E-state index >= 15 is 0 Å². The van der Waals surface area contributed by atoms with E-state index in [0.717, 1.165) is 29.7 Å². The van der Waals surface area contributed by atoms with E-state index in [1.54, 1.807) is 19.2 Å². The molecule has 0 aromatic heterocycles. The highest BCUT2D eigenvalue weighted by Crippen LogP contribution is 2.38. The van der Waals surface area contributed by atoms with Crippen molar-refractivity contribution in [2.45, 2.75) is 18.9 Å². The van der Waals surface area contributed by atoms with Gasteiger partial charge in [-0.1, -0.05) is 18.2 Å². The zero-order valence-corrected chi connectivity index (χ0v) is 11.9. The SMILES string of the molecule is CNC(=O)c1cccc(NC2CCc3c(O)cccc32)c1. The number of hydrogen-bond donors (Lipinski definition) is 3. The van der Waals surface area contributed by atoms with E-state index < -0.39 is 0 Å². The molecular formula is C17H18N2O2. The fraction of sp³-hybridized carbons (Fsp3) is 0.235. The van der Waals surface area contributed by atoms with Gasteiger partial charge in [-0.3, -0.25) is 4.79 Å². The maximum absolute atomic E-state index is 11.7. The average molecular weight is 282 g/mol. The number of nitrogens with one attached hydrogen (secondary N) is 2. The Bertz CT molecular complexity index is 682. The second-order valence-corrected chi connectivity index (χ2v) is 5.24. The van der Waals surface area contributed by atoms with Gasteiger partial charge in [0, 0.05) is 18.3 Å². The van der Waals surface area contributed by atoms with Crippen LogP contribution >= 0.6 is 0 Å². The molecule has 3 rings (SSSR count). The lowest BCUT2D eigenvalue weighted by atomic mass is 10.1. The van der Waals surface area contributed by atoms with Crippen molar-refractivity contribution >= 4 is 11.6 Å². The van der Waals surface area contributed by atoms with Crippen LogP contribution in [0.25, 0.3) is 0 Å². The molecule has 0 saturated heterocycles. The highest BCUT2D eigenvalue weighted by molar-refractivity contribution is 5.94. The second-order valence-electron chi connectivity index (χ2n) is 5.24. The fourth-order valence-corrected chi connectivity index (χ4v) is 2.88. The van der Waals surface area contributed by atoms with Gasteiger partial charge < -0.3 is 15.7 Å². The predicted octanol–water partition coefficient (Wildman–Crippen LogP) is 2.85. The highest BCUT2D eigenvalue weighted by Gasteiger charge is 2.24. The molecular weight excluding hydrogens is 264 g/mol. The largest absolute Gasteiger partial charge is 0.508 e. The van der Waals surface area contributed by atoms with Gasteiger partial charge in [-0.2, -0.15) is 0 Å². The maximum atomic E-state index is 11.7. The van der Waals surface area contributed by atoms with Crippen LogP contribution in [-0.2, 0) is 6.42 Å². The van der Waals surface area contributed by atoms with Gasteiger partial charge in [0.05, 0.1) is 6.04 Å². The number of carbonyl (C=O) groups excluding carboxylic acids is 1. The molecule has 3 N–H and O–H groups in total. The third-order valence-electron chi connectivity index (χ3n) is 3.94. The van der Waals surface area contributed by atoms with E-state index in [1.165, 1.54) is 0 Å². The summed E-state index contributed by atoms with van der Waals surface area (Å²) in [6, 6.07) is 13.3. The van der Waals surface area contributed by atoms with Gasteiger partial charge in [0.15, 0.2) is 0 Å². The number of fused-ring (bicyclic) bond motifs is 1. The molecule has 2 aromatic rings. The van der Waals surface area contributed by atoms with Gasteiger partial charge in [0.25, 0.3) is 5.91 Å². The normalized spacial score (nSPS) is 16.3. The number of phenolic OH excluding ortho intramolecular Hbond substituents is 1. The van der Waals surface area contributed by atoms with Crippen molar-refractivity contribution in [2.75, 3.05) is 12.4 Å². The van der Waals surface area contributed by atoms with E-state index in [-0.39, 0.29) is 11.9 Å². The van der Waals surface area contributed by atoms with Crippen molar-refractivity contribution in [1.29, 1.82) is 0 Å². The Hall–Kier alpha value is -2.49. The summed E-state index contributed by atoms with van der Waals surface area (Å²) in [5.41, 5.74) is 3.71. The molecule has 1 aliphatic rings. The zero-order valence-electron chi connectivity index (χ0n) is 11.9. The predicted molar refractivity (Wildman–Crippen MR) is 82.6 cm³/mol. The van der Waals surface area contributed by atoms with Crippen LogP contribution in [-0.4, -0.2) is 18.1 Å². The summed E-state index contributed by atoms with van der Waals surface area (Å²) in [5, 5.41) is 16.0. The summed E-state index contributed by atoms with van der Waals surface area (Å²) in [6.45, 7) is 0. The summed E-state index contributed by atoms with van der Waals surface area (Å²) < 4.78 is 0. The number of hydrogen-bond acceptors (Lipinski definition) is 3. The van der Waals surface area contributed by atoms with E-state index in [1.807, 2.05) is 30.3 Å². The summed E-state index contributed by atoms with van der Waals surface area (Å²) in [4.78, 5) is 11.7. The molecule has 2 aromatic carbocycles. The average Bonchev–Trinajstić information content (AvgIpc) is 2.91. The number of amides is 1. The molecule has 0 aliphatic heterocycles. The molecule has 0 spiro atoms. The van der Waals surface area contributed by atoms with E-state index in [4.69, 9.17) is 0 Å². The van der Waals surface area contributed by atoms with Crippen LogP contribution in [0.5, 0.6) is 5.75 Å². The first kappa shape index (κ1) is 13.5. The second kappa shape index (κ2) is 5.48. The lowest BCUT2D eigenvalue weighted by Crippen LogP contribution is -2.18. The van der Waals surface area contributed by atoms with Crippen LogP contribution in [0, 0.1) is 0 Å². The fourth-order valence-electron chi connectivity index (χ4n) is 2.88. The number of anilines is 1. The van der Waals surface area contributed by atoms with E-state index in [2.05, 4.69) is 10.6 Å². The molecule has 1 amide bonds.